The van der Waals surface area contributed by atoms with Crippen LogP contribution < -0.4 is 5.32 Å². The molecule has 2 aromatic carbocycles. The molecule has 1 aliphatic heterocycles. The molecule has 2 aliphatic rings. The van der Waals surface area contributed by atoms with Crippen molar-refractivity contribution in [3.8, 4) is 17.2 Å². The van der Waals surface area contributed by atoms with Crippen molar-refractivity contribution in [2.45, 2.75) is 51.1 Å². The topological polar surface area (TPSA) is 76.4 Å². The van der Waals surface area contributed by atoms with Crippen LogP contribution in [0, 0.1) is 17.2 Å². The van der Waals surface area contributed by atoms with Gasteiger partial charge in [-0.25, -0.2) is 0 Å². The van der Waals surface area contributed by atoms with E-state index in [1.165, 1.54) is 6.42 Å². The molecule has 1 aliphatic carbocycles. The Balaban J connectivity index is 1.38. The molecule has 1 saturated carbocycles. The van der Waals surface area contributed by atoms with Gasteiger partial charge in [-0.15, -0.1) is 0 Å². The molecule has 6 heteroatoms. The molecule has 1 unspecified atom stereocenters. The Morgan fingerprint density at radius 2 is 1.82 bits per heavy atom. The first-order valence-corrected chi connectivity index (χ1v) is 12.3. The first-order valence-electron chi connectivity index (χ1n) is 12.3. The van der Waals surface area contributed by atoms with Crippen molar-refractivity contribution >= 4 is 11.8 Å². The van der Waals surface area contributed by atoms with Crippen LogP contribution in [0.3, 0.4) is 0 Å². The number of hydrogen-bond donors (Lipinski definition) is 1. The molecule has 1 fully saturated rings. The van der Waals surface area contributed by atoms with Crippen LogP contribution in [0.15, 0.2) is 42.5 Å². The number of hydrogen-bond acceptors (Lipinski definition) is 4. The number of benzene rings is 2. The van der Waals surface area contributed by atoms with Crippen LogP contribution >= 0.6 is 0 Å². The molecule has 0 aromatic heterocycles. The number of carbonyl (C=O) groups excluding carboxylic acids is 2. The van der Waals surface area contributed by atoms with Crippen LogP contribution in [0.5, 0.6) is 0 Å². The standard InChI is InChI=1S/C28H34N4O2/c1-31(2)14-15-32-19-24-17-23(12-13-26(24)28(32)34)21-10-8-20(9-11-21)16-25(18-29)30-27(33)22-6-4-3-5-7-22/h8-13,17,22,25H,3-7,14-16,19H2,1-2H3,(H,30,33). The number of carbonyl (C=O) groups is 2. The summed E-state index contributed by atoms with van der Waals surface area (Å²) in [7, 11) is 4.03. The fourth-order valence-electron chi connectivity index (χ4n) is 4.91. The van der Waals surface area contributed by atoms with Gasteiger partial charge in [-0.3, -0.25) is 9.59 Å². The largest absolute Gasteiger partial charge is 0.340 e. The SMILES string of the molecule is CN(C)CCN1Cc2cc(-c3ccc(CC(C#N)NC(=O)C4CCCCC4)cc3)ccc2C1=O. The summed E-state index contributed by atoms with van der Waals surface area (Å²) in [5, 5.41) is 12.5. The van der Waals surface area contributed by atoms with Gasteiger partial charge in [0.05, 0.1) is 6.07 Å². The van der Waals surface area contributed by atoms with Gasteiger partial charge in [0, 0.05) is 37.5 Å². The summed E-state index contributed by atoms with van der Waals surface area (Å²) in [5.74, 6) is 0.184. The molecule has 0 saturated heterocycles. The van der Waals surface area contributed by atoms with Crippen molar-refractivity contribution in [1.29, 1.82) is 5.26 Å². The molecular formula is C28H34N4O2. The van der Waals surface area contributed by atoms with Crippen molar-refractivity contribution < 1.29 is 9.59 Å². The van der Waals surface area contributed by atoms with E-state index in [2.05, 4.69) is 34.5 Å². The van der Waals surface area contributed by atoms with Gasteiger partial charge in [-0.1, -0.05) is 49.6 Å². The third-order valence-electron chi connectivity index (χ3n) is 6.98. The first kappa shape index (κ1) is 24.0. The normalized spacial score (nSPS) is 16.9. The van der Waals surface area contributed by atoms with Gasteiger partial charge in [0.2, 0.25) is 5.91 Å². The van der Waals surface area contributed by atoms with Crippen molar-refractivity contribution in [3.05, 3.63) is 59.2 Å². The lowest BCUT2D eigenvalue weighted by molar-refractivity contribution is -0.126. The lowest BCUT2D eigenvalue weighted by Crippen LogP contribution is -2.40. The minimum atomic E-state index is -0.514. The lowest BCUT2D eigenvalue weighted by Gasteiger charge is -2.22. The van der Waals surface area contributed by atoms with Crippen molar-refractivity contribution in [3.63, 3.8) is 0 Å². The van der Waals surface area contributed by atoms with Gasteiger partial charge in [-0.05, 0) is 61.3 Å². The molecular weight excluding hydrogens is 424 g/mol. The second-order valence-electron chi connectivity index (χ2n) is 9.83. The quantitative estimate of drug-likeness (QED) is 0.649. The lowest BCUT2D eigenvalue weighted by atomic mass is 9.88. The molecule has 34 heavy (non-hydrogen) atoms. The maximum atomic E-state index is 12.7. The van der Waals surface area contributed by atoms with E-state index in [-0.39, 0.29) is 17.7 Å². The maximum Gasteiger partial charge on any atom is 0.254 e. The second-order valence-corrected chi connectivity index (χ2v) is 9.83. The zero-order chi connectivity index (χ0) is 24.1. The van der Waals surface area contributed by atoms with E-state index in [1.54, 1.807) is 0 Å². The van der Waals surface area contributed by atoms with E-state index in [0.717, 1.165) is 66.6 Å². The predicted octanol–water partition coefficient (Wildman–Crippen LogP) is 4.00. The molecule has 6 nitrogen and oxygen atoms in total. The van der Waals surface area contributed by atoms with E-state index < -0.39 is 6.04 Å². The van der Waals surface area contributed by atoms with E-state index in [1.807, 2.05) is 43.3 Å². The van der Waals surface area contributed by atoms with Crippen LogP contribution in [0.1, 0.15) is 53.6 Å². The highest BCUT2D eigenvalue weighted by molar-refractivity contribution is 5.99. The fraction of sp³-hybridized carbons (Fsp3) is 0.464. The summed E-state index contributed by atoms with van der Waals surface area (Å²) in [6.07, 6.45) is 5.75. The van der Waals surface area contributed by atoms with Crippen LogP contribution in [-0.4, -0.2) is 54.8 Å². The molecule has 1 atom stereocenters. The minimum absolute atomic E-state index is 0.0233. The number of rotatable bonds is 8. The maximum absolute atomic E-state index is 12.7. The van der Waals surface area contributed by atoms with Crippen molar-refractivity contribution in [2.24, 2.45) is 5.92 Å². The summed E-state index contributed by atoms with van der Waals surface area (Å²) >= 11 is 0. The molecule has 1 N–H and O–H groups in total. The Morgan fingerprint density at radius 3 is 2.50 bits per heavy atom. The minimum Gasteiger partial charge on any atom is -0.340 e. The summed E-state index contributed by atoms with van der Waals surface area (Å²) in [5.41, 5.74) is 5.04. The molecule has 1 heterocycles. The number of likely N-dealkylation sites (N-methyl/N-ethyl adjacent to an activating group) is 1. The van der Waals surface area contributed by atoms with Gasteiger partial charge < -0.3 is 15.1 Å². The average Bonchev–Trinajstić information content (AvgIpc) is 3.18. The highest BCUT2D eigenvalue weighted by Crippen LogP contribution is 2.29. The van der Waals surface area contributed by atoms with Crippen molar-refractivity contribution in [1.82, 2.24) is 15.1 Å². The summed E-state index contributed by atoms with van der Waals surface area (Å²) < 4.78 is 0. The Hall–Kier alpha value is -3.17. The van der Waals surface area contributed by atoms with Crippen molar-refractivity contribution in [2.75, 3.05) is 27.2 Å². The zero-order valence-corrected chi connectivity index (χ0v) is 20.2. The molecule has 0 spiro atoms. The Kier molecular flexibility index (Phi) is 7.64. The third-order valence-corrected chi connectivity index (χ3v) is 6.98. The number of nitriles is 1. The smallest absolute Gasteiger partial charge is 0.254 e. The molecule has 0 radical (unpaired) electrons. The van der Waals surface area contributed by atoms with Crippen LogP contribution in [0.4, 0.5) is 0 Å². The highest BCUT2D eigenvalue weighted by atomic mass is 16.2. The number of nitrogens with one attached hydrogen (secondary N) is 1. The molecule has 4 rings (SSSR count). The average molecular weight is 459 g/mol. The second kappa shape index (κ2) is 10.8. The first-order chi connectivity index (χ1) is 16.4. The molecule has 0 bridgehead atoms. The molecule has 178 valence electrons. The fourth-order valence-corrected chi connectivity index (χ4v) is 4.91. The summed E-state index contributed by atoms with van der Waals surface area (Å²) in [4.78, 5) is 29.2. The molecule has 2 aromatic rings. The Morgan fingerprint density at radius 1 is 1.12 bits per heavy atom. The summed E-state index contributed by atoms with van der Waals surface area (Å²) in [6.45, 7) is 2.22. The van der Waals surface area contributed by atoms with Gasteiger partial charge in [0.15, 0.2) is 0 Å². The van der Waals surface area contributed by atoms with E-state index in [4.69, 9.17) is 0 Å². The predicted molar refractivity (Wildman–Crippen MR) is 133 cm³/mol. The monoisotopic (exact) mass is 458 g/mol. The number of nitrogens with zero attached hydrogens (tertiary/aromatic N) is 3. The summed E-state index contributed by atoms with van der Waals surface area (Å²) in [6, 6.07) is 15.9. The van der Waals surface area contributed by atoms with Gasteiger partial charge in [-0.2, -0.15) is 5.26 Å². The van der Waals surface area contributed by atoms with Gasteiger partial charge >= 0.3 is 0 Å². The zero-order valence-electron chi connectivity index (χ0n) is 20.2. The van der Waals surface area contributed by atoms with Gasteiger partial charge in [0.25, 0.3) is 5.91 Å². The number of amides is 2. The van der Waals surface area contributed by atoms with Crippen LogP contribution in [0.2, 0.25) is 0 Å². The molecule has 2 amide bonds. The van der Waals surface area contributed by atoms with Crippen LogP contribution in [0.25, 0.3) is 11.1 Å². The van der Waals surface area contributed by atoms with E-state index in [9.17, 15) is 14.9 Å². The van der Waals surface area contributed by atoms with Crippen LogP contribution in [-0.2, 0) is 17.8 Å². The van der Waals surface area contributed by atoms with E-state index >= 15 is 0 Å². The number of fused-ring (bicyclic) bond motifs is 1. The van der Waals surface area contributed by atoms with Gasteiger partial charge in [0.1, 0.15) is 6.04 Å². The Bertz CT molecular complexity index is 1060. The Labute approximate surface area is 202 Å². The highest BCUT2D eigenvalue weighted by Gasteiger charge is 2.27. The van der Waals surface area contributed by atoms with E-state index in [0.29, 0.717) is 13.0 Å². The third kappa shape index (κ3) is 5.66.